The van der Waals surface area contributed by atoms with E-state index in [1.807, 2.05) is 35.7 Å². The minimum atomic E-state index is -0.539. The van der Waals surface area contributed by atoms with Gasteiger partial charge in [0.25, 0.3) is 11.8 Å². The van der Waals surface area contributed by atoms with Crippen LogP contribution in [0.15, 0.2) is 113 Å². The van der Waals surface area contributed by atoms with Gasteiger partial charge in [-0.25, -0.2) is 4.98 Å². The van der Waals surface area contributed by atoms with Gasteiger partial charge < -0.3 is 30.2 Å². The number of aromatic nitrogens is 1. The van der Waals surface area contributed by atoms with Gasteiger partial charge in [-0.05, 0) is 73.2 Å². The average molecular weight is 695 g/mol. The number of thiazole rings is 1. The number of methoxy groups -OCH3 is 3. The van der Waals surface area contributed by atoms with Crippen molar-refractivity contribution in [1.29, 1.82) is 0 Å². The first-order valence-electron chi connectivity index (χ1n) is 15.0. The summed E-state index contributed by atoms with van der Waals surface area (Å²) in [6.45, 7) is 1.80. The lowest BCUT2D eigenvalue weighted by Gasteiger charge is -2.14. The predicted molar refractivity (Wildman–Crippen MR) is 195 cm³/mol. The summed E-state index contributed by atoms with van der Waals surface area (Å²) in [5.74, 6) is 0.530. The van der Waals surface area contributed by atoms with E-state index in [-0.39, 0.29) is 11.6 Å². The van der Waals surface area contributed by atoms with Crippen molar-refractivity contribution >= 4 is 57.7 Å². The van der Waals surface area contributed by atoms with Crippen LogP contribution >= 0.6 is 23.1 Å². The lowest BCUT2D eigenvalue weighted by molar-refractivity contribution is -0.115. The number of hydrogen-bond donors (Lipinski definition) is 3. The summed E-state index contributed by atoms with van der Waals surface area (Å²) in [7, 11) is 4.66. The molecule has 0 aliphatic rings. The Morgan fingerprint density at radius 1 is 0.816 bits per heavy atom. The summed E-state index contributed by atoms with van der Waals surface area (Å²) in [6, 6.07) is 28.5. The molecule has 49 heavy (non-hydrogen) atoms. The number of hydrogen-bond acceptors (Lipinski definition) is 9. The molecule has 250 valence electrons. The number of carbonyl (C=O) groups is 3. The normalized spacial score (nSPS) is 11.6. The van der Waals surface area contributed by atoms with Crippen LogP contribution in [0.5, 0.6) is 17.2 Å². The van der Waals surface area contributed by atoms with Gasteiger partial charge in [0.05, 0.1) is 32.3 Å². The van der Waals surface area contributed by atoms with Gasteiger partial charge in [0.15, 0.2) is 16.6 Å². The Labute approximate surface area is 292 Å². The Morgan fingerprint density at radius 3 is 2.35 bits per heavy atom. The molecule has 0 aliphatic carbocycles. The van der Waals surface area contributed by atoms with Crippen molar-refractivity contribution in [2.45, 2.75) is 17.1 Å². The van der Waals surface area contributed by atoms with Gasteiger partial charge in [-0.2, -0.15) is 0 Å². The van der Waals surface area contributed by atoms with Gasteiger partial charge in [0.2, 0.25) is 5.91 Å². The Hall–Kier alpha value is -5.59. The molecule has 3 N–H and O–H groups in total. The van der Waals surface area contributed by atoms with E-state index in [0.29, 0.717) is 33.4 Å². The number of amides is 3. The molecule has 0 aliphatic heterocycles. The molecule has 4 aromatic carbocycles. The third-order valence-electron chi connectivity index (χ3n) is 7.12. The van der Waals surface area contributed by atoms with E-state index >= 15 is 0 Å². The van der Waals surface area contributed by atoms with Crippen LogP contribution in [0.1, 0.15) is 22.8 Å². The van der Waals surface area contributed by atoms with Crippen LogP contribution in [-0.2, 0) is 9.59 Å². The lowest BCUT2D eigenvalue weighted by atomic mass is 10.1. The second kappa shape index (κ2) is 16.5. The zero-order valence-corrected chi connectivity index (χ0v) is 28.8. The van der Waals surface area contributed by atoms with Crippen LogP contribution in [0.3, 0.4) is 0 Å². The number of ether oxygens (including phenoxy) is 3. The predicted octanol–water partition coefficient (Wildman–Crippen LogP) is 7.36. The van der Waals surface area contributed by atoms with Crippen LogP contribution < -0.4 is 30.2 Å². The summed E-state index contributed by atoms with van der Waals surface area (Å²) in [5.41, 5.74) is 3.13. The van der Waals surface area contributed by atoms with Crippen molar-refractivity contribution in [2.75, 3.05) is 32.0 Å². The van der Waals surface area contributed by atoms with E-state index in [4.69, 9.17) is 14.2 Å². The standard InChI is InChI=1S/C37H34N4O6S2/c1-23(34(42)41-37-40-31(22-48-37)26-12-8-14-28(20-26)45-2)49-29-15-9-13-27(21-29)38-36(44)30(39-35(43)25-10-6-5-7-11-25)18-24-16-17-32(46-3)33(19-24)47-4/h5-23H,1-4H3,(H,38,44)(H,39,43)(H,40,41,42)/b30-18+. The van der Waals surface area contributed by atoms with Crippen LogP contribution in [0.2, 0.25) is 0 Å². The third kappa shape index (κ3) is 9.28. The fourth-order valence-electron chi connectivity index (χ4n) is 4.61. The first-order valence-corrected chi connectivity index (χ1v) is 16.8. The van der Waals surface area contributed by atoms with Crippen molar-refractivity contribution in [3.8, 4) is 28.5 Å². The summed E-state index contributed by atoms with van der Waals surface area (Å²) in [4.78, 5) is 45.1. The molecule has 5 rings (SSSR count). The fraction of sp³-hybridized carbons (Fsp3) is 0.135. The monoisotopic (exact) mass is 694 g/mol. The molecule has 0 saturated carbocycles. The zero-order valence-electron chi connectivity index (χ0n) is 27.2. The Balaban J connectivity index is 1.28. The van der Waals surface area contributed by atoms with Crippen LogP contribution in [0, 0.1) is 0 Å². The Morgan fingerprint density at radius 2 is 1.59 bits per heavy atom. The summed E-state index contributed by atoms with van der Waals surface area (Å²) in [6.07, 6.45) is 1.56. The van der Waals surface area contributed by atoms with Gasteiger partial charge in [0.1, 0.15) is 11.4 Å². The molecule has 12 heteroatoms. The zero-order chi connectivity index (χ0) is 34.8. The molecule has 0 fully saturated rings. The molecule has 10 nitrogen and oxygen atoms in total. The smallest absolute Gasteiger partial charge is 0.272 e. The first-order chi connectivity index (χ1) is 23.8. The number of thioether (sulfide) groups is 1. The number of nitrogens with zero attached hydrogens (tertiary/aromatic N) is 1. The van der Waals surface area contributed by atoms with Crippen LogP contribution in [-0.4, -0.2) is 49.3 Å². The third-order valence-corrected chi connectivity index (χ3v) is 8.97. The quantitative estimate of drug-likeness (QED) is 0.0862. The molecular weight excluding hydrogens is 661 g/mol. The van der Waals surface area contributed by atoms with E-state index in [9.17, 15) is 14.4 Å². The molecule has 5 aromatic rings. The highest BCUT2D eigenvalue weighted by atomic mass is 32.2. The highest BCUT2D eigenvalue weighted by Crippen LogP contribution is 2.31. The maximum Gasteiger partial charge on any atom is 0.272 e. The van der Waals surface area contributed by atoms with Crippen molar-refractivity contribution in [3.05, 3.63) is 119 Å². The van der Waals surface area contributed by atoms with E-state index in [1.165, 1.54) is 37.3 Å². The van der Waals surface area contributed by atoms with Gasteiger partial charge in [0, 0.05) is 27.1 Å². The van der Waals surface area contributed by atoms with Gasteiger partial charge in [-0.3, -0.25) is 14.4 Å². The van der Waals surface area contributed by atoms with Gasteiger partial charge in [-0.1, -0.05) is 42.5 Å². The molecule has 1 aromatic heterocycles. The fourth-order valence-corrected chi connectivity index (χ4v) is 6.26. The molecule has 0 saturated heterocycles. The number of benzene rings is 4. The Bertz CT molecular complexity index is 1980. The number of nitrogens with one attached hydrogen (secondary N) is 3. The minimum Gasteiger partial charge on any atom is -0.497 e. The Kier molecular flexibility index (Phi) is 11.7. The molecule has 3 amide bonds. The SMILES string of the molecule is COc1cccc(-c2csc(NC(=O)C(C)Sc3cccc(NC(=O)/C(=C\c4ccc(OC)c(OC)c4)NC(=O)c4ccccc4)c3)n2)c1. The number of rotatable bonds is 13. The molecule has 0 spiro atoms. The van der Waals surface area contributed by atoms with E-state index in [2.05, 4.69) is 20.9 Å². The molecule has 1 heterocycles. The highest BCUT2D eigenvalue weighted by Gasteiger charge is 2.19. The lowest BCUT2D eigenvalue weighted by Crippen LogP contribution is -2.30. The van der Waals surface area contributed by atoms with Crippen LogP contribution in [0.25, 0.3) is 17.3 Å². The molecule has 1 unspecified atom stereocenters. The summed E-state index contributed by atoms with van der Waals surface area (Å²) < 4.78 is 16.0. The maximum absolute atomic E-state index is 13.6. The second-order valence-electron chi connectivity index (χ2n) is 10.5. The van der Waals surface area contributed by atoms with Crippen molar-refractivity contribution in [3.63, 3.8) is 0 Å². The molecule has 0 bridgehead atoms. The van der Waals surface area contributed by atoms with Crippen molar-refractivity contribution in [1.82, 2.24) is 10.3 Å². The van der Waals surface area contributed by atoms with E-state index < -0.39 is 17.1 Å². The van der Waals surface area contributed by atoms with Crippen molar-refractivity contribution < 1.29 is 28.6 Å². The van der Waals surface area contributed by atoms with Crippen molar-refractivity contribution in [2.24, 2.45) is 0 Å². The second-order valence-corrected chi connectivity index (χ2v) is 12.8. The largest absolute Gasteiger partial charge is 0.497 e. The molecular formula is C37H34N4O6S2. The van der Waals surface area contributed by atoms with Gasteiger partial charge in [-0.15, -0.1) is 23.1 Å². The minimum absolute atomic E-state index is 0.0173. The van der Waals surface area contributed by atoms with Gasteiger partial charge >= 0.3 is 0 Å². The summed E-state index contributed by atoms with van der Waals surface area (Å²) in [5, 5.41) is 10.4. The summed E-state index contributed by atoms with van der Waals surface area (Å²) >= 11 is 2.67. The molecule has 0 radical (unpaired) electrons. The van der Waals surface area contributed by atoms with Crippen LogP contribution in [0.4, 0.5) is 10.8 Å². The average Bonchev–Trinajstić information content (AvgIpc) is 3.60. The van der Waals surface area contributed by atoms with E-state index in [1.54, 1.807) is 86.8 Å². The number of carbonyl (C=O) groups excluding carboxylic acids is 3. The first kappa shape index (κ1) is 34.7. The van der Waals surface area contributed by atoms with E-state index in [0.717, 1.165) is 21.9 Å². The topological polar surface area (TPSA) is 128 Å². The number of anilines is 2. The highest BCUT2D eigenvalue weighted by molar-refractivity contribution is 8.00. The molecule has 1 atom stereocenters. The maximum atomic E-state index is 13.6.